The number of hydrogen-bond acceptors (Lipinski definition) is 6. The lowest BCUT2D eigenvalue weighted by Gasteiger charge is -2.28. The third-order valence-corrected chi connectivity index (χ3v) is 6.25. The van der Waals surface area contributed by atoms with Crippen LogP contribution >= 0.6 is 0 Å². The Hall–Kier alpha value is -3.93. The smallest absolute Gasteiger partial charge is 0.200 e. The van der Waals surface area contributed by atoms with Crippen molar-refractivity contribution >= 4 is 17.0 Å². The summed E-state index contributed by atoms with van der Waals surface area (Å²) in [6.07, 6.45) is 9.71. The van der Waals surface area contributed by atoms with Crippen molar-refractivity contribution in [1.29, 1.82) is 0 Å². The van der Waals surface area contributed by atoms with E-state index >= 15 is 0 Å². The minimum atomic E-state index is -0.584. The maximum atomic E-state index is 13.8. The number of benzene rings is 2. The number of hydrogen-bond donors (Lipinski definition) is 3. The molecule has 2 heterocycles. The van der Waals surface area contributed by atoms with Crippen LogP contribution in [0.15, 0.2) is 62.9 Å². The van der Waals surface area contributed by atoms with Crippen LogP contribution < -0.4 is 10.2 Å². The van der Waals surface area contributed by atoms with Gasteiger partial charge in [-0.3, -0.25) is 4.79 Å². The lowest BCUT2D eigenvalue weighted by atomic mass is 9.96. The molecule has 4 rings (SSSR count). The monoisotopic (exact) mass is 488 g/mol. The van der Waals surface area contributed by atoms with E-state index in [1.54, 1.807) is 12.1 Å². The molecule has 1 aliphatic heterocycles. The summed E-state index contributed by atoms with van der Waals surface area (Å²) in [4.78, 5) is 13.8. The van der Waals surface area contributed by atoms with Gasteiger partial charge in [-0.05, 0) is 78.2 Å². The van der Waals surface area contributed by atoms with Gasteiger partial charge in [0.1, 0.15) is 45.3 Å². The van der Waals surface area contributed by atoms with Crippen LogP contribution in [0.3, 0.4) is 0 Å². The summed E-state index contributed by atoms with van der Waals surface area (Å²) in [5, 5.41) is 31.5. The maximum absolute atomic E-state index is 13.8. The maximum Gasteiger partial charge on any atom is 0.200 e. The van der Waals surface area contributed by atoms with Gasteiger partial charge in [0.15, 0.2) is 0 Å². The second kappa shape index (κ2) is 9.61. The topological polar surface area (TPSA) is 100 Å². The van der Waals surface area contributed by atoms with Gasteiger partial charge in [-0.2, -0.15) is 0 Å². The van der Waals surface area contributed by atoms with Gasteiger partial charge in [-0.1, -0.05) is 23.3 Å². The van der Waals surface area contributed by atoms with Gasteiger partial charge >= 0.3 is 0 Å². The Bertz CT molecular complexity index is 1480. The van der Waals surface area contributed by atoms with Crippen molar-refractivity contribution in [3.05, 3.63) is 75.0 Å². The molecule has 3 aromatic rings. The van der Waals surface area contributed by atoms with E-state index in [4.69, 9.17) is 9.15 Å². The molecule has 0 amide bonds. The highest BCUT2D eigenvalue weighted by Crippen LogP contribution is 2.43. The molecule has 2 aromatic carbocycles. The lowest BCUT2D eigenvalue weighted by Crippen LogP contribution is -2.27. The van der Waals surface area contributed by atoms with Crippen LogP contribution in [-0.2, 0) is 6.42 Å². The Morgan fingerprint density at radius 3 is 2.50 bits per heavy atom. The fourth-order valence-corrected chi connectivity index (χ4v) is 4.29. The minimum absolute atomic E-state index is 0.0642. The Morgan fingerprint density at radius 2 is 1.81 bits per heavy atom. The van der Waals surface area contributed by atoms with E-state index in [0.717, 1.165) is 18.4 Å². The van der Waals surface area contributed by atoms with Gasteiger partial charge in [-0.15, -0.1) is 0 Å². The van der Waals surface area contributed by atoms with Crippen LogP contribution in [0.4, 0.5) is 0 Å². The number of phenolic OH excluding ortho intramolecular Hbond substituents is 3. The molecule has 1 aromatic heterocycles. The summed E-state index contributed by atoms with van der Waals surface area (Å²) in [7, 11) is 0. The highest BCUT2D eigenvalue weighted by molar-refractivity contribution is 5.92. The molecule has 0 saturated carbocycles. The number of allylic oxidation sites excluding steroid dienone is 4. The molecule has 3 N–H and O–H groups in total. The van der Waals surface area contributed by atoms with Gasteiger partial charge in [-0.25, -0.2) is 0 Å². The third-order valence-electron chi connectivity index (χ3n) is 6.25. The predicted molar refractivity (Wildman–Crippen MR) is 143 cm³/mol. The molecule has 0 fully saturated rings. The number of aromatic hydroxyl groups is 3. The number of fused-ring (bicyclic) bond motifs is 2. The molecule has 0 unspecified atom stereocenters. The van der Waals surface area contributed by atoms with Crippen LogP contribution in [0.1, 0.15) is 58.6 Å². The molecule has 188 valence electrons. The number of ether oxygens (including phenoxy) is 1. The molecule has 0 aliphatic carbocycles. The molecule has 0 bridgehead atoms. The van der Waals surface area contributed by atoms with Gasteiger partial charge < -0.3 is 24.5 Å². The molecule has 6 heteroatoms. The van der Waals surface area contributed by atoms with Crippen molar-refractivity contribution in [3.63, 3.8) is 0 Å². The fourth-order valence-electron chi connectivity index (χ4n) is 4.29. The zero-order valence-corrected chi connectivity index (χ0v) is 21.3. The molecule has 6 nitrogen and oxygen atoms in total. The van der Waals surface area contributed by atoms with Crippen LogP contribution in [0, 0.1) is 0 Å². The normalized spacial score (nSPS) is 14.4. The molecule has 0 radical (unpaired) electrons. The van der Waals surface area contributed by atoms with Crippen molar-refractivity contribution < 1.29 is 24.5 Å². The summed E-state index contributed by atoms with van der Waals surface area (Å²) in [5.74, 6) is 0.0631. The third kappa shape index (κ3) is 5.03. The Labute approximate surface area is 210 Å². The zero-order chi connectivity index (χ0) is 26.2. The van der Waals surface area contributed by atoms with Gasteiger partial charge in [0, 0.05) is 17.7 Å². The predicted octanol–water partition coefficient (Wildman–Crippen LogP) is 7.00. The van der Waals surface area contributed by atoms with Gasteiger partial charge in [0.2, 0.25) is 5.43 Å². The highest BCUT2D eigenvalue weighted by Gasteiger charge is 2.28. The molecule has 0 spiro atoms. The Morgan fingerprint density at radius 1 is 1.06 bits per heavy atom. The van der Waals surface area contributed by atoms with Gasteiger partial charge in [0.25, 0.3) is 0 Å². The second-order valence-corrected chi connectivity index (χ2v) is 10.1. The van der Waals surface area contributed by atoms with Crippen molar-refractivity contribution in [2.75, 3.05) is 0 Å². The van der Waals surface area contributed by atoms with E-state index < -0.39 is 5.60 Å². The number of phenols is 3. The van der Waals surface area contributed by atoms with Crippen LogP contribution in [-0.4, -0.2) is 20.9 Å². The molecule has 1 aliphatic rings. The average Bonchev–Trinajstić information content (AvgIpc) is 2.77. The summed E-state index contributed by atoms with van der Waals surface area (Å²) in [6, 6.07) is 5.72. The van der Waals surface area contributed by atoms with Crippen molar-refractivity contribution in [1.82, 2.24) is 0 Å². The highest BCUT2D eigenvalue weighted by atomic mass is 16.5. The van der Waals surface area contributed by atoms with Crippen molar-refractivity contribution in [2.24, 2.45) is 0 Å². The summed E-state index contributed by atoms with van der Waals surface area (Å²) in [5.41, 5.74) is 2.55. The quantitative estimate of drug-likeness (QED) is 0.323. The first-order chi connectivity index (χ1) is 17.0. The lowest BCUT2D eigenvalue weighted by molar-refractivity contribution is 0.158. The van der Waals surface area contributed by atoms with E-state index in [1.807, 2.05) is 32.9 Å². The van der Waals surface area contributed by atoms with E-state index in [2.05, 4.69) is 19.9 Å². The summed E-state index contributed by atoms with van der Waals surface area (Å²) in [6.45, 7) is 9.90. The molecule has 36 heavy (non-hydrogen) atoms. The molecule has 0 atom stereocenters. The van der Waals surface area contributed by atoms with E-state index in [-0.39, 0.29) is 51.4 Å². The first-order valence-electron chi connectivity index (χ1n) is 12.0. The molecular formula is C30H32O6. The van der Waals surface area contributed by atoms with Crippen LogP contribution in [0.5, 0.6) is 23.0 Å². The van der Waals surface area contributed by atoms with Crippen LogP contribution in [0.25, 0.3) is 28.4 Å². The number of rotatable bonds is 6. The summed E-state index contributed by atoms with van der Waals surface area (Å²) >= 11 is 0. The largest absolute Gasteiger partial charge is 0.508 e. The summed E-state index contributed by atoms with van der Waals surface area (Å²) < 4.78 is 12.2. The van der Waals surface area contributed by atoms with Crippen LogP contribution in [0.2, 0.25) is 0 Å². The Kier molecular flexibility index (Phi) is 6.72. The van der Waals surface area contributed by atoms with E-state index in [9.17, 15) is 20.1 Å². The average molecular weight is 489 g/mol. The van der Waals surface area contributed by atoms with E-state index in [0.29, 0.717) is 16.9 Å². The SMILES string of the molecule is CC(C)=CCC/C(C)=C\Cc1c(-c2ccc(O)cc2O)oc2cc3c(c(O)c2c1=O)C=CC(C)(C)O3. The van der Waals surface area contributed by atoms with Gasteiger partial charge in [0.05, 0.1) is 11.1 Å². The molecule has 0 saturated heterocycles. The van der Waals surface area contributed by atoms with Crippen molar-refractivity contribution in [2.45, 2.75) is 59.5 Å². The Balaban J connectivity index is 1.91. The van der Waals surface area contributed by atoms with Crippen molar-refractivity contribution in [3.8, 4) is 34.3 Å². The fraction of sp³-hybridized carbons (Fsp3) is 0.300. The van der Waals surface area contributed by atoms with E-state index in [1.165, 1.54) is 23.8 Å². The first-order valence-corrected chi connectivity index (χ1v) is 12.0. The second-order valence-electron chi connectivity index (χ2n) is 10.1. The zero-order valence-electron chi connectivity index (χ0n) is 21.3. The first kappa shape index (κ1) is 25.2. The minimum Gasteiger partial charge on any atom is -0.508 e. The molecular weight excluding hydrogens is 456 g/mol. The standard InChI is InChI=1S/C30H32O6/c1-17(2)7-6-8-18(3)9-11-22-28(34)26-25(35-29(22)20-12-10-19(31)15-23(20)32)16-24-21(27(26)33)13-14-30(4,5)36-24/h7,9-10,12-16,31-33H,6,8,11H2,1-5H3/b18-9-.